The standard InChI is InChI=1S/C16H20N2O2/c1-12-7-5-6-10-16(12)14(19)18(15(20)17-16)11-13-8-3-2-4-9-13/h2-4,8-9,12H,5-7,10-11H2,1H3,(H,17,20)/t12-,16-/m0/s1. The van der Waals surface area contributed by atoms with Crippen LogP contribution in [0.4, 0.5) is 4.79 Å². The topological polar surface area (TPSA) is 49.4 Å². The molecule has 1 aromatic carbocycles. The molecule has 2 atom stereocenters. The molecule has 1 spiro atoms. The lowest BCUT2D eigenvalue weighted by Gasteiger charge is -2.36. The summed E-state index contributed by atoms with van der Waals surface area (Å²) in [4.78, 5) is 26.3. The zero-order chi connectivity index (χ0) is 14.2. The molecule has 4 nitrogen and oxygen atoms in total. The minimum absolute atomic E-state index is 0.0430. The van der Waals surface area contributed by atoms with Gasteiger partial charge in [0.25, 0.3) is 5.91 Å². The van der Waals surface area contributed by atoms with Crippen molar-refractivity contribution in [2.24, 2.45) is 5.92 Å². The Labute approximate surface area is 119 Å². The second kappa shape index (κ2) is 4.93. The van der Waals surface area contributed by atoms with Gasteiger partial charge in [-0.2, -0.15) is 0 Å². The Kier molecular flexibility index (Phi) is 3.24. The molecular weight excluding hydrogens is 252 g/mol. The Morgan fingerprint density at radius 2 is 2.00 bits per heavy atom. The number of hydrogen-bond donors (Lipinski definition) is 1. The molecule has 3 amide bonds. The Morgan fingerprint density at radius 3 is 2.70 bits per heavy atom. The highest BCUT2D eigenvalue weighted by molar-refractivity contribution is 6.07. The molecule has 0 aromatic heterocycles. The number of imide groups is 1. The molecule has 1 N–H and O–H groups in total. The first kappa shape index (κ1) is 13.2. The third-order valence-corrected chi connectivity index (χ3v) is 4.68. The zero-order valence-corrected chi connectivity index (χ0v) is 11.8. The Hall–Kier alpha value is -1.84. The van der Waals surface area contributed by atoms with Crippen molar-refractivity contribution >= 4 is 11.9 Å². The van der Waals surface area contributed by atoms with Crippen LogP contribution in [0.2, 0.25) is 0 Å². The number of carbonyl (C=O) groups is 2. The van der Waals surface area contributed by atoms with Crippen molar-refractivity contribution in [3.05, 3.63) is 35.9 Å². The van der Waals surface area contributed by atoms with E-state index < -0.39 is 5.54 Å². The molecule has 1 aliphatic heterocycles. The van der Waals surface area contributed by atoms with Gasteiger partial charge in [-0.15, -0.1) is 0 Å². The van der Waals surface area contributed by atoms with Crippen molar-refractivity contribution in [1.82, 2.24) is 10.2 Å². The van der Waals surface area contributed by atoms with E-state index in [2.05, 4.69) is 12.2 Å². The van der Waals surface area contributed by atoms with Gasteiger partial charge in [-0.05, 0) is 24.3 Å². The summed E-state index contributed by atoms with van der Waals surface area (Å²) in [5.74, 6) is 0.173. The van der Waals surface area contributed by atoms with Crippen LogP contribution in [0.15, 0.2) is 30.3 Å². The number of amides is 3. The van der Waals surface area contributed by atoms with Crippen molar-refractivity contribution < 1.29 is 9.59 Å². The third-order valence-electron chi connectivity index (χ3n) is 4.68. The lowest BCUT2D eigenvalue weighted by molar-refractivity contribution is -0.134. The normalized spacial score (nSPS) is 29.9. The average Bonchev–Trinajstić information content (AvgIpc) is 2.69. The molecule has 4 heteroatoms. The van der Waals surface area contributed by atoms with Gasteiger partial charge in [0.05, 0.1) is 6.54 Å². The van der Waals surface area contributed by atoms with Crippen LogP contribution >= 0.6 is 0 Å². The molecule has 0 unspecified atom stereocenters. The van der Waals surface area contributed by atoms with E-state index in [0.717, 1.165) is 31.2 Å². The van der Waals surface area contributed by atoms with Crippen LogP contribution in [0.3, 0.4) is 0 Å². The summed E-state index contributed by atoms with van der Waals surface area (Å²) in [5.41, 5.74) is 0.334. The second-order valence-electron chi connectivity index (χ2n) is 5.93. The van der Waals surface area contributed by atoms with Crippen LogP contribution in [0, 0.1) is 5.92 Å². The van der Waals surface area contributed by atoms with E-state index in [4.69, 9.17) is 0 Å². The molecule has 2 fully saturated rings. The van der Waals surface area contributed by atoms with Crippen molar-refractivity contribution in [2.45, 2.75) is 44.7 Å². The summed E-state index contributed by atoms with van der Waals surface area (Å²) >= 11 is 0. The first-order valence-electron chi connectivity index (χ1n) is 7.31. The Bertz CT molecular complexity index is 529. The first-order valence-corrected chi connectivity index (χ1v) is 7.31. The predicted octanol–water partition coefficient (Wildman–Crippen LogP) is 2.69. The molecular formula is C16H20N2O2. The van der Waals surface area contributed by atoms with Gasteiger partial charge in [0, 0.05) is 0 Å². The molecule has 1 aromatic rings. The van der Waals surface area contributed by atoms with Crippen LogP contribution < -0.4 is 5.32 Å². The van der Waals surface area contributed by atoms with Crippen LogP contribution in [0.5, 0.6) is 0 Å². The number of urea groups is 1. The molecule has 1 heterocycles. The summed E-state index contributed by atoms with van der Waals surface area (Å²) in [6, 6.07) is 9.42. The fraction of sp³-hybridized carbons (Fsp3) is 0.500. The average molecular weight is 272 g/mol. The summed E-state index contributed by atoms with van der Waals surface area (Å²) in [5, 5.41) is 2.98. The van der Waals surface area contributed by atoms with Crippen molar-refractivity contribution in [3.8, 4) is 0 Å². The summed E-state index contributed by atoms with van der Waals surface area (Å²) in [6.45, 7) is 2.43. The maximum atomic E-state index is 12.8. The largest absolute Gasteiger partial charge is 0.325 e. The van der Waals surface area contributed by atoms with Crippen LogP contribution in [-0.2, 0) is 11.3 Å². The van der Waals surface area contributed by atoms with Gasteiger partial charge >= 0.3 is 6.03 Å². The van der Waals surface area contributed by atoms with Gasteiger partial charge in [-0.25, -0.2) is 4.79 Å². The van der Waals surface area contributed by atoms with Gasteiger partial charge in [-0.3, -0.25) is 9.69 Å². The molecule has 20 heavy (non-hydrogen) atoms. The maximum absolute atomic E-state index is 12.8. The summed E-state index contributed by atoms with van der Waals surface area (Å²) in [7, 11) is 0. The van der Waals surface area contributed by atoms with Gasteiger partial charge in [0.1, 0.15) is 5.54 Å². The van der Waals surface area contributed by atoms with Crippen LogP contribution in [0.1, 0.15) is 38.2 Å². The number of nitrogens with one attached hydrogen (secondary N) is 1. The van der Waals surface area contributed by atoms with E-state index in [9.17, 15) is 9.59 Å². The fourth-order valence-corrected chi connectivity index (χ4v) is 3.40. The predicted molar refractivity (Wildman–Crippen MR) is 75.9 cm³/mol. The number of carbonyl (C=O) groups excluding carboxylic acids is 2. The SMILES string of the molecule is C[C@H]1CCCC[C@]12NC(=O)N(Cc1ccccc1)C2=O. The van der Waals surface area contributed by atoms with Gasteiger partial charge in [0.15, 0.2) is 0 Å². The van der Waals surface area contributed by atoms with Crippen LogP contribution in [0.25, 0.3) is 0 Å². The van der Waals surface area contributed by atoms with E-state index in [0.29, 0.717) is 6.54 Å². The molecule has 1 saturated carbocycles. The minimum Gasteiger partial charge on any atom is -0.323 e. The highest BCUT2D eigenvalue weighted by Crippen LogP contribution is 2.38. The number of hydrogen-bond acceptors (Lipinski definition) is 2. The zero-order valence-electron chi connectivity index (χ0n) is 11.8. The highest BCUT2D eigenvalue weighted by atomic mass is 16.2. The number of benzene rings is 1. The first-order chi connectivity index (χ1) is 9.63. The minimum atomic E-state index is -0.649. The third kappa shape index (κ3) is 1.99. The summed E-state index contributed by atoms with van der Waals surface area (Å²) < 4.78 is 0. The molecule has 1 aliphatic carbocycles. The van der Waals surface area contributed by atoms with E-state index in [1.165, 1.54) is 4.90 Å². The van der Waals surface area contributed by atoms with Crippen molar-refractivity contribution in [3.63, 3.8) is 0 Å². The Morgan fingerprint density at radius 1 is 1.25 bits per heavy atom. The monoisotopic (exact) mass is 272 g/mol. The van der Waals surface area contributed by atoms with Gasteiger partial charge in [0.2, 0.25) is 0 Å². The smallest absolute Gasteiger partial charge is 0.323 e. The van der Waals surface area contributed by atoms with E-state index in [-0.39, 0.29) is 17.9 Å². The molecule has 3 rings (SSSR count). The van der Waals surface area contributed by atoms with Crippen molar-refractivity contribution in [1.29, 1.82) is 0 Å². The number of nitrogens with zero attached hydrogens (tertiary/aromatic N) is 1. The molecule has 2 aliphatic rings. The highest BCUT2D eigenvalue weighted by Gasteiger charge is 2.54. The Balaban J connectivity index is 1.83. The molecule has 0 radical (unpaired) electrons. The molecule has 0 bridgehead atoms. The van der Waals surface area contributed by atoms with E-state index >= 15 is 0 Å². The maximum Gasteiger partial charge on any atom is 0.325 e. The summed E-state index contributed by atoms with van der Waals surface area (Å²) in [6.07, 6.45) is 3.93. The fourth-order valence-electron chi connectivity index (χ4n) is 3.40. The van der Waals surface area contributed by atoms with E-state index in [1.54, 1.807) is 0 Å². The van der Waals surface area contributed by atoms with E-state index in [1.807, 2.05) is 30.3 Å². The molecule has 106 valence electrons. The van der Waals surface area contributed by atoms with Gasteiger partial charge in [-0.1, -0.05) is 50.1 Å². The lowest BCUT2D eigenvalue weighted by atomic mass is 9.73. The molecule has 1 saturated heterocycles. The van der Waals surface area contributed by atoms with Crippen LogP contribution in [-0.4, -0.2) is 22.4 Å². The quantitative estimate of drug-likeness (QED) is 0.841. The van der Waals surface area contributed by atoms with Crippen molar-refractivity contribution in [2.75, 3.05) is 0 Å². The lowest BCUT2D eigenvalue weighted by Crippen LogP contribution is -2.53. The van der Waals surface area contributed by atoms with Gasteiger partial charge < -0.3 is 5.32 Å². The second-order valence-corrected chi connectivity index (χ2v) is 5.93. The number of rotatable bonds is 2.